The number of hydrogen-bond acceptors (Lipinski definition) is 3. The molecule has 2 rings (SSSR count). The number of hydrogen-bond donors (Lipinski definition) is 1. The maximum Gasteiger partial charge on any atom is 0.0621 e. The summed E-state index contributed by atoms with van der Waals surface area (Å²) in [4.78, 5) is 6.50. The van der Waals surface area contributed by atoms with Crippen LogP contribution in [0.1, 0.15) is 32.3 Å². The predicted molar refractivity (Wildman–Crippen MR) is 75.8 cm³/mol. The maximum absolute atomic E-state index is 6.41. The Kier molecular flexibility index (Phi) is 4.25. The maximum atomic E-state index is 6.41. The fourth-order valence-electron chi connectivity index (χ4n) is 2.58. The number of halogens is 1. The average molecular weight is 268 g/mol. The van der Waals surface area contributed by atoms with Gasteiger partial charge in [0.25, 0.3) is 0 Å². The predicted octanol–water partition coefficient (Wildman–Crippen LogP) is 2.48. The SMILES string of the molecule is CC(C)(C(N)Cc1ccncc1Cl)N1CCCC1. The lowest BCUT2D eigenvalue weighted by Gasteiger charge is -2.40. The third-order valence-electron chi connectivity index (χ3n) is 4.12. The van der Waals surface area contributed by atoms with Gasteiger partial charge in [0.2, 0.25) is 0 Å². The van der Waals surface area contributed by atoms with Crippen LogP contribution in [-0.2, 0) is 6.42 Å². The lowest BCUT2D eigenvalue weighted by atomic mass is 9.88. The Morgan fingerprint density at radius 2 is 2.11 bits per heavy atom. The van der Waals surface area contributed by atoms with Gasteiger partial charge in [-0.25, -0.2) is 0 Å². The van der Waals surface area contributed by atoms with Gasteiger partial charge in [0.1, 0.15) is 0 Å². The summed E-state index contributed by atoms with van der Waals surface area (Å²) in [5.41, 5.74) is 7.52. The fraction of sp³-hybridized carbons (Fsp3) is 0.643. The molecular weight excluding hydrogens is 246 g/mol. The minimum atomic E-state index is 0.0170. The molecule has 4 heteroatoms. The second-order valence-corrected chi connectivity index (χ2v) is 6.03. The third-order valence-corrected chi connectivity index (χ3v) is 4.47. The molecule has 1 aliphatic heterocycles. The summed E-state index contributed by atoms with van der Waals surface area (Å²) in [7, 11) is 0. The first kappa shape index (κ1) is 13.8. The van der Waals surface area contributed by atoms with Gasteiger partial charge in [0.05, 0.1) is 5.02 Å². The summed E-state index contributed by atoms with van der Waals surface area (Å²) in [6.45, 7) is 6.78. The average Bonchev–Trinajstić information content (AvgIpc) is 2.86. The molecule has 2 heterocycles. The Morgan fingerprint density at radius 3 is 2.72 bits per heavy atom. The van der Waals surface area contributed by atoms with E-state index in [-0.39, 0.29) is 11.6 Å². The standard InChI is InChI=1S/C14H22ClN3/c1-14(2,18-7-3-4-8-18)13(16)9-11-5-6-17-10-12(11)15/h5-6,10,13H,3-4,7-9,16H2,1-2H3. The first-order valence-corrected chi connectivity index (χ1v) is 6.98. The number of nitrogens with zero attached hydrogens (tertiary/aromatic N) is 2. The Morgan fingerprint density at radius 1 is 1.44 bits per heavy atom. The molecule has 1 saturated heterocycles. The molecule has 0 amide bonds. The van der Waals surface area contributed by atoms with E-state index in [1.165, 1.54) is 12.8 Å². The number of rotatable bonds is 4. The Balaban J connectivity index is 2.07. The lowest BCUT2D eigenvalue weighted by Crippen LogP contribution is -2.56. The molecule has 1 aromatic heterocycles. The highest BCUT2D eigenvalue weighted by Crippen LogP contribution is 2.26. The van der Waals surface area contributed by atoms with Gasteiger partial charge in [0.15, 0.2) is 0 Å². The number of pyridine rings is 1. The highest BCUT2D eigenvalue weighted by molar-refractivity contribution is 6.31. The molecule has 1 aromatic rings. The van der Waals surface area contributed by atoms with Crippen molar-refractivity contribution in [2.75, 3.05) is 13.1 Å². The highest BCUT2D eigenvalue weighted by Gasteiger charge is 2.34. The second kappa shape index (κ2) is 5.55. The van der Waals surface area contributed by atoms with Crippen molar-refractivity contribution in [1.29, 1.82) is 0 Å². The zero-order valence-electron chi connectivity index (χ0n) is 11.2. The first-order valence-electron chi connectivity index (χ1n) is 6.61. The molecule has 0 radical (unpaired) electrons. The molecule has 1 aliphatic rings. The van der Waals surface area contributed by atoms with Gasteiger partial charge in [0, 0.05) is 24.0 Å². The summed E-state index contributed by atoms with van der Waals surface area (Å²) in [5, 5.41) is 0.713. The molecule has 2 N–H and O–H groups in total. The van der Waals surface area contributed by atoms with Gasteiger partial charge in [-0.05, 0) is 57.8 Å². The van der Waals surface area contributed by atoms with Crippen molar-refractivity contribution >= 4 is 11.6 Å². The van der Waals surface area contributed by atoms with Crippen molar-refractivity contribution in [1.82, 2.24) is 9.88 Å². The normalized spacial score (nSPS) is 19.1. The second-order valence-electron chi connectivity index (χ2n) is 5.63. The summed E-state index contributed by atoms with van der Waals surface area (Å²) in [6, 6.07) is 2.04. The largest absolute Gasteiger partial charge is 0.326 e. The summed E-state index contributed by atoms with van der Waals surface area (Å²) in [5.74, 6) is 0. The van der Waals surface area contributed by atoms with Crippen molar-refractivity contribution in [3.8, 4) is 0 Å². The van der Waals surface area contributed by atoms with Crippen LogP contribution in [0.15, 0.2) is 18.5 Å². The van der Waals surface area contributed by atoms with E-state index in [0.29, 0.717) is 5.02 Å². The van der Waals surface area contributed by atoms with Gasteiger partial charge in [-0.1, -0.05) is 11.6 Å². The van der Waals surface area contributed by atoms with Crippen molar-refractivity contribution in [2.45, 2.75) is 44.7 Å². The Hall–Kier alpha value is -0.640. The molecule has 0 bridgehead atoms. The highest BCUT2D eigenvalue weighted by atomic mass is 35.5. The van der Waals surface area contributed by atoms with E-state index in [1.807, 2.05) is 6.07 Å². The van der Waals surface area contributed by atoms with E-state index in [1.54, 1.807) is 12.4 Å². The molecule has 1 atom stereocenters. The molecule has 18 heavy (non-hydrogen) atoms. The Labute approximate surface area is 114 Å². The van der Waals surface area contributed by atoms with Crippen LogP contribution in [0.25, 0.3) is 0 Å². The van der Waals surface area contributed by atoms with Crippen LogP contribution in [0.2, 0.25) is 5.02 Å². The van der Waals surface area contributed by atoms with Crippen molar-refractivity contribution in [3.63, 3.8) is 0 Å². The minimum Gasteiger partial charge on any atom is -0.326 e. The van der Waals surface area contributed by atoms with Gasteiger partial charge in [-0.2, -0.15) is 0 Å². The third kappa shape index (κ3) is 2.85. The molecule has 0 saturated carbocycles. The van der Waals surface area contributed by atoms with Gasteiger partial charge in [-0.15, -0.1) is 0 Å². The summed E-state index contributed by atoms with van der Waals surface area (Å²) in [6.07, 6.45) is 6.83. The van der Waals surface area contributed by atoms with Crippen LogP contribution >= 0.6 is 11.6 Å². The molecular formula is C14H22ClN3. The van der Waals surface area contributed by atoms with Gasteiger partial charge < -0.3 is 5.73 Å². The zero-order chi connectivity index (χ0) is 13.2. The monoisotopic (exact) mass is 267 g/mol. The van der Waals surface area contributed by atoms with E-state index < -0.39 is 0 Å². The molecule has 1 unspecified atom stereocenters. The van der Waals surface area contributed by atoms with Gasteiger partial charge in [-0.3, -0.25) is 9.88 Å². The fourth-order valence-corrected chi connectivity index (χ4v) is 2.78. The smallest absolute Gasteiger partial charge is 0.0621 e. The molecule has 0 aromatic carbocycles. The molecule has 0 aliphatic carbocycles. The van der Waals surface area contributed by atoms with Crippen molar-refractivity contribution < 1.29 is 0 Å². The summed E-state index contributed by atoms with van der Waals surface area (Å²) < 4.78 is 0. The van der Waals surface area contributed by atoms with Crippen LogP contribution in [0, 0.1) is 0 Å². The van der Waals surface area contributed by atoms with E-state index in [0.717, 1.165) is 25.1 Å². The number of nitrogens with two attached hydrogens (primary N) is 1. The lowest BCUT2D eigenvalue weighted by molar-refractivity contribution is 0.123. The van der Waals surface area contributed by atoms with Crippen LogP contribution in [-0.4, -0.2) is 34.6 Å². The zero-order valence-corrected chi connectivity index (χ0v) is 12.0. The number of aromatic nitrogens is 1. The Bertz CT molecular complexity index is 400. The van der Waals surface area contributed by atoms with Crippen LogP contribution in [0.5, 0.6) is 0 Å². The molecule has 100 valence electrons. The van der Waals surface area contributed by atoms with Crippen LogP contribution in [0.3, 0.4) is 0 Å². The summed E-state index contributed by atoms with van der Waals surface area (Å²) >= 11 is 6.15. The van der Waals surface area contributed by atoms with Crippen molar-refractivity contribution in [3.05, 3.63) is 29.0 Å². The van der Waals surface area contributed by atoms with E-state index in [4.69, 9.17) is 17.3 Å². The van der Waals surface area contributed by atoms with Crippen molar-refractivity contribution in [2.24, 2.45) is 5.73 Å². The van der Waals surface area contributed by atoms with Crippen LogP contribution in [0.4, 0.5) is 0 Å². The quantitative estimate of drug-likeness (QED) is 0.911. The van der Waals surface area contributed by atoms with E-state index in [9.17, 15) is 0 Å². The first-order chi connectivity index (χ1) is 8.51. The van der Waals surface area contributed by atoms with Gasteiger partial charge >= 0.3 is 0 Å². The molecule has 1 fully saturated rings. The molecule has 0 spiro atoms. The number of likely N-dealkylation sites (tertiary alicyclic amines) is 1. The molecule has 3 nitrogen and oxygen atoms in total. The van der Waals surface area contributed by atoms with E-state index in [2.05, 4.69) is 23.7 Å². The van der Waals surface area contributed by atoms with E-state index >= 15 is 0 Å². The topological polar surface area (TPSA) is 42.1 Å². The van der Waals surface area contributed by atoms with Crippen LogP contribution < -0.4 is 5.73 Å². The minimum absolute atomic E-state index is 0.0170.